The molecule has 5 aliphatic carbocycles. The summed E-state index contributed by atoms with van der Waals surface area (Å²) in [5.74, 6) is 2.41. The first kappa shape index (κ1) is 20.5. The van der Waals surface area contributed by atoms with Gasteiger partial charge in [0.2, 0.25) is 5.91 Å². The zero-order valence-electron chi connectivity index (χ0n) is 18.4. The number of likely N-dealkylation sites (N-methyl/N-ethyl adjacent to an activating group) is 1. The maximum absolute atomic E-state index is 13.6. The van der Waals surface area contributed by atoms with Crippen LogP contribution >= 0.6 is 11.3 Å². The molecular weight excluding hydrogens is 394 g/mol. The van der Waals surface area contributed by atoms with Crippen LogP contribution in [-0.2, 0) is 17.6 Å². The van der Waals surface area contributed by atoms with Gasteiger partial charge in [-0.1, -0.05) is 0 Å². The van der Waals surface area contributed by atoms with Gasteiger partial charge >= 0.3 is 0 Å². The predicted octanol–water partition coefficient (Wildman–Crippen LogP) is 4.07. The average molecular weight is 430 g/mol. The fraction of sp³-hybridized carbons (Fsp3) is 0.750. The molecule has 0 unspecified atom stereocenters. The van der Waals surface area contributed by atoms with E-state index >= 15 is 0 Å². The fourth-order valence-corrected chi connectivity index (χ4v) is 8.28. The minimum atomic E-state index is -0.183. The molecule has 4 bridgehead atoms. The summed E-state index contributed by atoms with van der Waals surface area (Å²) in [7, 11) is 4.02. The molecule has 1 heterocycles. The Balaban J connectivity index is 1.38. The van der Waals surface area contributed by atoms with E-state index in [1.54, 1.807) is 11.3 Å². The fourth-order valence-electron chi connectivity index (χ4n) is 7.00. The monoisotopic (exact) mass is 429 g/mol. The molecule has 4 saturated carbocycles. The smallest absolute Gasteiger partial charge is 0.254 e. The maximum atomic E-state index is 13.6. The Hall–Kier alpha value is -1.40. The van der Waals surface area contributed by atoms with E-state index in [2.05, 4.69) is 15.5 Å². The SMILES string of the molecule is CN(C)CCNC(=O)c1c(NC(=O)C23CC4CC(CC(C4)C2)C3)sc2c1CCCC2. The van der Waals surface area contributed by atoms with Crippen LogP contribution in [0.2, 0.25) is 0 Å². The Morgan fingerprint density at radius 1 is 1.03 bits per heavy atom. The van der Waals surface area contributed by atoms with Crippen LogP contribution in [0.4, 0.5) is 5.00 Å². The van der Waals surface area contributed by atoms with Crippen LogP contribution in [0.5, 0.6) is 0 Å². The summed E-state index contributed by atoms with van der Waals surface area (Å²) >= 11 is 1.66. The van der Waals surface area contributed by atoms with Crippen molar-refractivity contribution in [3.63, 3.8) is 0 Å². The number of rotatable bonds is 6. The number of carbonyl (C=O) groups is 2. The highest BCUT2D eigenvalue weighted by Crippen LogP contribution is 2.60. The molecule has 2 N–H and O–H groups in total. The lowest BCUT2D eigenvalue weighted by Crippen LogP contribution is -2.51. The molecule has 0 saturated heterocycles. The van der Waals surface area contributed by atoms with E-state index in [0.29, 0.717) is 6.54 Å². The Morgan fingerprint density at radius 2 is 1.67 bits per heavy atom. The standard InChI is InChI=1S/C24H35N3O2S/c1-27(2)8-7-25-21(28)20-18-5-3-4-6-19(18)30-22(20)26-23(29)24-12-15-9-16(13-24)11-17(10-15)14-24/h15-17H,3-14H2,1-2H3,(H,25,28)(H,26,29). The van der Waals surface area contributed by atoms with Gasteiger partial charge in [-0.05, 0) is 102 Å². The Labute approximate surface area is 184 Å². The second kappa shape index (κ2) is 7.94. The molecule has 6 heteroatoms. The third-order valence-electron chi connectivity index (χ3n) is 7.99. The topological polar surface area (TPSA) is 61.4 Å². The quantitative estimate of drug-likeness (QED) is 0.716. The molecule has 6 rings (SSSR count). The molecule has 5 aliphatic rings. The van der Waals surface area contributed by atoms with Crippen molar-refractivity contribution in [1.29, 1.82) is 0 Å². The van der Waals surface area contributed by atoms with Crippen LogP contribution in [0.3, 0.4) is 0 Å². The molecule has 0 spiro atoms. The van der Waals surface area contributed by atoms with E-state index in [1.165, 1.54) is 36.1 Å². The average Bonchev–Trinajstić information content (AvgIpc) is 3.04. The van der Waals surface area contributed by atoms with Crippen molar-refractivity contribution < 1.29 is 9.59 Å². The second-order valence-corrected chi connectivity index (χ2v) is 11.7. The van der Waals surface area contributed by atoms with Crippen LogP contribution in [0, 0.1) is 23.2 Å². The third kappa shape index (κ3) is 3.70. The Bertz CT molecular complexity index is 808. The molecule has 5 nitrogen and oxygen atoms in total. The Morgan fingerprint density at radius 3 is 2.30 bits per heavy atom. The van der Waals surface area contributed by atoms with Gasteiger partial charge in [-0.15, -0.1) is 11.3 Å². The molecule has 30 heavy (non-hydrogen) atoms. The molecule has 0 aromatic carbocycles. The lowest BCUT2D eigenvalue weighted by molar-refractivity contribution is -0.140. The summed E-state index contributed by atoms with van der Waals surface area (Å²) in [6.45, 7) is 1.44. The van der Waals surface area contributed by atoms with Crippen molar-refractivity contribution >= 4 is 28.2 Å². The van der Waals surface area contributed by atoms with E-state index in [4.69, 9.17) is 0 Å². The van der Waals surface area contributed by atoms with Crippen LogP contribution in [-0.4, -0.2) is 43.9 Å². The largest absolute Gasteiger partial charge is 0.351 e. The van der Waals surface area contributed by atoms with Crippen molar-refractivity contribution in [3.05, 3.63) is 16.0 Å². The first-order valence-corrected chi connectivity index (χ1v) is 12.6. The molecule has 0 aliphatic heterocycles. The van der Waals surface area contributed by atoms with E-state index in [-0.39, 0.29) is 17.2 Å². The number of amides is 2. The number of nitrogens with zero attached hydrogens (tertiary/aromatic N) is 1. The normalized spacial score (nSPS) is 31.6. The number of hydrogen-bond acceptors (Lipinski definition) is 4. The molecule has 4 fully saturated rings. The van der Waals surface area contributed by atoms with Crippen LogP contribution < -0.4 is 10.6 Å². The van der Waals surface area contributed by atoms with E-state index in [9.17, 15) is 9.59 Å². The number of anilines is 1. The van der Waals surface area contributed by atoms with Crippen molar-refractivity contribution in [2.45, 2.75) is 64.2 Å². The zero-order chi connectivity index (χ0) is 20.9. The third-order valence-corrected chi connectivity index (χ3v) is 9.20. The summed E-state index contributed by atoms with van der Waals surface area (Å²) < 4.78 is 0. The van der Waals surface area contributed by atoms with Gasteiger partial charge in [-0.3, -0.25) is 9.59 Å². The molecule has 2 amide bonds. The predicted molar refractivity (Wildman–Crippen MR) is 121 cm³/mol. The zero-order valence-corrected chi connectivity index (χ0v) is 19.2. The first-order chi connectivity index (χ1) is 14.4. The summed E-state index contributed by atoms with van der Waals surface area (Å²) in [6.07, 6.45) is 11.5. The summed E-state index contributed by atoms with van der Waals surface area (Å²) in [4.78, 5) is 30.1. The van der Waals surface area contributed by atoms with Crippen molar-refractivity contribution in [2.24, 2.45) is 23.2 Å². The highest BCUT2D eigenvalue weighted by molar-refractivity contribution is 7.17. The maximum Gasteiger partial charge on any atom is 0.254 e. The summed E-state index contributed by atoms with van der Waals surface area (Å²) in [5, 5.41) is 7.21. The number of thiophene rings is 1. The lowest BCUT2D eigenvalue weighted by atomic mass is 9.49. The summed E-state index contributed by atoms with van der Waals surface area (Å²) in [6, 6.07) is 0. The molecule has 1 aromatic heterocycles. The highest BCUT2D eigenvalue weighted by atomic mass is 32.1. The minimum absolute atomic E-state index is 0.0166. The number of nitrogens with one attached hydrogen (secondary N) is 2. The van der Waals surface area contributed by atoms with Gasteiger partial charge < -0.3 is 15.5 Å². The van der Waals surface area contributed by atoms with Crippen molar-refractivity contribution in [1.82, 2.24) is 10.2 Å². The van der Waals surface area contributed by atoms with Crippen LogP contribution in [0.1, 0.15) is 72.2 Å². The van der Waals surface area contributed by atoms with Gasteiger partial charge in [0.15, 0.2) is 0 Å². The molecular formula is C24H35N3O2S. The minimum Gasteiger partial charge on any atom is -0.351 e. The van der Waals surface area contributed by atoms with Crippen molar-refractivity contribution in [3.8, 4) is 0 Å². The number of fused-ring (bicyclic) bond motifs is 1. The second-order valence-electron chi connectivity index (χ2n) is 10.6. The van der Waals surface area contributed by atoms with Gasteiger partial charge in [-0.2, -0.15) is 0 Å². The molecule has 0 atom stereocenters. The van der Waals surface area contributed by atoms with Crippen LogP contribution in [0.15, 0.2) is 0 Å². The van der Waals surface area contributed by atoms with E-state index in [0.717, 1.165) is 73.4 Å². The van der Waals surface area contributed by atoms with Crippen LogP contribution in [0.25, 0.3) is 0 Å². The van der Waals surface area contributed by atoms with E-state index in [1.807, 2.05) is 14.1 Å². The lowest BCUT2D eigenvalue weighted by Gasteiger charge is -2.55. The molecule has 164 valence electrons. The molecule has 0 radical (unpaired) electrons. The summed E-state index contributed by atoms with van der Waals surface area (Å²) in [5.41, 5.74) is 1.76. The van der Waals surface area contributed by atoms with Gasteiger partial charge in [0.1, 0.15) is 5.00 Å². The Kier molecular flexibility index (Phi) is 5.42. The van der Waals surface area contributed by atoms with Crippen molar-refractivity contribution in [2.75, 3.05) is 32.5 Å². The highest BCUT2D eigenvalue weighted by Gasteiger charge is 2.54. The number of aryl methyl sites for hydroxylation is 1. The van der Waals surface area contributed by atoms with Gasteiger partial charge in [0.05, 0.1) is 11.0 Å². The first-order valence-electron chi connectivity index (χ1n) is 11.8. The van der Waals surface area contributed by atoms with Gasteiger partial charge in [0.25, 0.3) is 5.91 Å². The van der Waals surface area contributed by atoms with Gasteiger partial charge in [0, 0.05) is 18.0 Å². The van der Waals surface area contributed by atoms with Gasteiger partial charge in [-0.25, -0.2) is 0 Å². The number of carbonyl (C=O) groups excluding carboxylic acids is 2. The van der Waals surface area contributed by atoms with E-state index < -0.39 is 0 Å². The number of hydrogen-bond donors (Lipinski definition) is 2. The molecule has 1 aromatic rings.